The molecule has 0 bridgehead atoms. The number of carbonyl (C=O) groups is 7. The molecule has 0 aliphatic carbocycles. The summed E-state index contributed by atoms with van der Waals surface area (Å²) < 4.78 is 0. The first-order chi connectivity index (χ1) is 29.2. The number of rotatable bonds is 23. The first kappa shape index (κ1) is 48.5. The van der Waals surface area contributed by atoms with Gasteiger partial charge in [-0.15, -0.1) is 0 Å². The summed E-state index contributed by atoms with van der Waals surface area (Å²) in [6.45, 7) is -1.56. The summed E-state index contributed by atoms with van der Waals surface area (Å²) in [5.74, 6) is -4.87. The standard InChI is InChI=1S/C42H57N11O8/c1-45-42(53(2)3)46-20-19-30(38(58)50-31(37(44)57)21-27-13-7-4-8-14-27)49-40(60)33(23-29-17-11-6-12-18-29)51-41(61)34(26-54)52-39(59)32(22-28-15-9-5-10-16-28)48-36(56)25-47-35(55)24-43/h4-18,30-34,54H,19-26,43H2,1-3H3,(H2,44,57)(H,45,46)(H,47,55)(H,48,56)(H,49,60)(H,50,58)(H,51,61)(H,52,59)/t30-,31-,32-,33-,34-/m0/s1. The molecule has 5 atom stereocenters. The predicted molar refractivity (Wildman–Crippen MR) is 228 cm³/mol. The van der Waals surface area contributed by atoms with E-state index in [2.05, 4.69) is 42.2 Å². The molecule has 0 saturated carbocycles. The lowest BCUT2D eigenvalue weighted by atomic mass is 10.0. The molecule has 61 heavy (non-hydrogen) atoms. The molecule has 0 heterocycles. The van der Waals surface area contributed by atoms with Crippen molar-refractivity contribution in [3.05, 3.63) is 108 Å². The van der Waals surface area contributed by atoms with Crippen molar-refractivity contribution >= 4 is 47.3 Å². The predicted octanol–water partition coefficient (Wildman–Crippen LogP) is -2.78. The Balaban J connectivity index is 1.86. The van der Waals surface area contributed by atoms with Crippen molar-refractivity contribution in [2.45, 2.75) is 55.9 Å². The molecule has 19 nitrogen and oxygen atoms in total. The number of aliphatic hydroxyl groups is 1. The van der Waals surface area contributed by atoms with E-state index in [1.165, 1.54) is 0 Å². The lowest BCUT2D eigenvalue weighted by Gasteiger charge is -2.27. The third-order valence-corrected chi connectivity index (χ3v) is 9.22. The fraction of sp³-hybridized carbons (Fsp3) is 0.381. The number of aliphatic hydroxyl groups excluding tert-OH is 1. The summed E-state index contributed by atoms with van der Waals surface area (Å²) in [7, 11) is 5.12. The number of primary amides is 1. The molecule has 19 heteroatoms. The van der Waals surface area contributed by atoms with Crippen LogP contribution in [-0.2, 0) is 52.8 Å². The minimum Gasteiger partial charge on any atom is -0.394 e. The number of aliphatic imine (C=N–C) groups is 1. The summed E-state index contributed by atoms with van der Waals surface area (Å²) in [6.07, 6.45) is 0.0226. The maximum atomic E-state index is 14.2. The van der Waals surface area contributed by atoms with Crippen molar-refractivity contribution in [2.75, 3.05) is 47.4 Å². The third kappa shape index (κ3) is 17.1. The number of nitrogens with two attached hydrogens (primary N) is 2. The van der Waals surface area contributed by atoms with Crippen molar-refractivity contribution in [1.82, 2.24) is 42.1 Å². The Morgan fingerprint density at radius 1 is 0.590 bits per heavy atom. The molecular formula is C42H57N11O8. The smallest absolute Gasteiger partial charge is 0.245 e. The van der Waals surface area contributed by atoms with E-state index in [0.717, 1.165) is 5.56 Å². The van der Waals surface area contributed by atoms with Gasteiger partial charge in [0.05, 0.1) is 19.7 Å². The monoisotopic (exact) mass is 843 g/mol. The first-order valence-electron chi connectivity index (χ1n) is 19.6. The molecule has 3 aromatic carbocycles. The second kappa shape index (κ2) is 25.6. The minimum atomic E-state index is -1.60. The number of carbonyl (C=O) groups excluding carboxylic acids is 7. The van der Waals surface area contributed by atoms with E-state index in [0.29, 0.717) is 17.1 Å². The first-order valence-corrected chi connectivity index (χ1v) is 19.6. The number of guanidine groups is 1. The highest BCUT2D eigenvalue weighted by atomic mass is 16.3. The van der Waals surface area contributed by atoms with Gasteiger partial charge in [0.1, 0.15) is 30.2 Å². The van der Waals surface area contributed by atoms with Gasteiger partial charge in [-0.3, -0.25) is 38.6 Å². The largest absolute Gasteiger partial charge is 0.394 e. The molecule has 0 aliphatic rings. The molecule has 0 radical (unpaired) electrons. The van der Waals surface area contributed by atoms with Crippen LogP contribution in [0.5, 0.6) is 0 Å². The molecule has 3 aromatic rings. The number of nitrogens with zero attached hydrogens (tertiary/aromatic N) is 2. The molecular weight excluding hydrogens is 787 g/mol. The van der Waals surface area contributed by atoms with Gasteiger partial charge in [-0.2, -0.15) is 0 Å². The number of amides is 7. The second-order valence-corrected chi connectivity index (χ2v) is 14.2. The van der Waals surface area contributed by atoms with Crippen LogP contribution in [0, 0.1) is 0 Å². The maximum Gasteiger partial charge on any atom is 0.245 e. The van der Waals surface area contributed by atoms with E-state index in [1.54, 1.807) is 117 Å². The Morgan fingerprint density at radius 2 is 1.00 bits per heavy atom. The zero-order chi connectivity index (χ0) is 44.7. The third-order valence-electron chi connectivity index (χ3n) is 9.22. The van der Waals surface area contributed by atoms with Gasteiger partial charge < -0.3 is 58.7 Å². The van der Waals surface area contributed by atoms with E-state index in [9.17, 15) is 38.7 Å². The summed E-state index contributed by atoms with van der Waals surface area (Å²) >= 11 is 0. The van der Waals surface area contributed by atoms with Gasteiger partial charge in [0.25, 0.3) is 0 Å². The van der Waals surface area contributed by atoms with E-state index in [1.807, 2.05) is 0 Å². The molecule has 0 aliphatic heterocycles. The van der Waals surface area contributed by atoms with Crippen molar-refractivity contribution < 1.29 is 38.7 Å². The molecule has 0 fully saturated rings. The van der Waals surface area contributed by atoms with Gasteiger partial charge >= 0.3 is 0 Å². The lowest BCUT2D eigenvalue weighted by Crippen LogP contribution is -2.60. The number of hydrogen-bond acceptors (Lipinski definition) is 10. The second-order valence-electron chi connectivity index (χ2n) is 14.2. The van der Waals surface area contributed by atoms with Gasteiger partial charge in [-0.05, 0) is 23.1 Å². The quantitative estimate of drug-likeness (QED) is 0.0344. The summed E-state index contributed by atoms with van der Waals surface area (Å²) in [5, 5.41) is 28.7. The zero-order valence-corrected chi connectivity index (χ0v) is 34.6. The fourth-order valence-electron chi connectivity index (χ4n) is 6.00. The average molecular weight is 844 g/mol. The fourth-order valence-corrected chi connectivity index (χ4v) is 6.00. The lowest BCUT2D eigenvalue weighted by molar-refractivity contribution is -0.135. The van der Waals surface area contributed by atoms with E-state index < -0.39 is 84.7 Å². The Kier molecular flexibility index (Phi) is 20.3. The van der Waals surface area contributed by atoms with Crippen LogP contribution in [0.15, 0.2) is 96.0 Å². The topological polar surface area (TPSA) is 292 Å². The number of benzene rings is 3. The van der Waals surface area contributed by atoms with Crippen molar-refractivity contribution in [3.8, 4) is 0 Å². The Labute approximate surface area is 354 Å². The molecule has 0 saturated heterocycles. The molecule has 3 rings (SSSR count). The summed E-state index contributed by atoms with van der Waals surface area (Å²) in [6, 6.07) is 19.8. The van der Waals surface area contributed by atoms with Crippen LogP contribution in [0.2, 0.25) is 0 Å². The zero-order valence-electron chi connectivity index (χ0n) is 34.6. The minimum absolute atomic E-state index is 0.00695. The van der Waals surface area contributed by atoms with Crippen LogP contribution in [0.1, 0.15) is 23.1 Å². The van der Waals surface area contributed by atoms with Gasteiger partial charge in [0.15, 0.2) is 5.96 Å². The SMILES string of the molecule is CN=C(NCC[C@H](NC(=O)[C@H](Cc1ccccc1)NC(=O)[C@H](CO)NC(=O)[C@H](Cc1ccccc1)NC(=O)CNC(=O)CN)C(=O)N[C@@H](Cc1ccccc1)C(N)=O)N(C)C. The van der Waals surface area contributed by atoms with Crippen molar-refractivity contribution in [3.63, 3.8) is 0 Å². The molecule has 0 aromatic heterocycles. The molecule has 328 valence electrons. The highest BCUT2D eigenvalue weighted by molar-refractivity contribution is 5.97. The molecule has 7 amide bonds. The number of hydrogen-bond donors (Lipinski definition) is 10. The molecule has 0 spiro atoms. The molecule has 0 unspecified atom stereocenters. The van der Waals surface area contributed by atoms with E-state index in [-0.39, 0.29) is 38.8 Å². The Morgan fingerprint density at radius 3 is 1.44 bits per heavy atom. The summed E-state index contributed by atoms with van der Waals surface area (Å²) in [4.78, 5) is 98.3. The highest BCUT2D eigenvalue weighted by Gasteiger charge is 2.32. The van der Waals surface area contributed by atoms with Crippen molar-refractivity contribution in [2.24, 2.45) is 16.5 Å². The number of nitrogens with one attached hydrogen (secondary N) is 7. The Bertz CT molecular complexity index is 1930. The van der Waals surface area contributed by atoms with Gasteiger partial charge in [0.2, 0.25) is 41.4 Å². The molecule has 12 N–H and O–H groups in total. The van der Waals surface area contributed by atoms with Gasteiger partial charge in [0, 0.05) is 47.0 Å². The summed E-state index contributed by atoms with van der Waals surface area (Å²) in [5.41, 5.74) is 13.0. The van der Waals surface area contributed by atoms with Crippen LogP contribution < -0.4 is 48.7 Å². The van der Waals surface area contributed by atoms with E-state index >= 15 is 0 Å². The van der Waals surface area contributed by atoms with Crippen LogP contribution in [0.4, 0.5) is 0 Å². The van der Waals surface area contributed by atoms with Crippen LogP contribution in [-0.4, -0.2) is 135 Å². The van der Waals surface area contributed by atoms with Crippen LogP contribution in [0.3, 0.4) is 0 Å². The van der Waals surface area contributed by atoms with Crippen LogP contribution >= 0.6 is 0 Å². The van der Waals surface area contributed by atoms with Crippen molar-refractivity contribution in [1.29, 1.82) is 0 Å². The Hall–Kier alpha value is -6.86. The van der Waals surface area contributed by atoms with E-state index in [4.69, 9.17) is 11.5 Å². The highest BCUT2D eigenvalue weighted by Crippen LogP contribution is 2.09. The van der Waals surface area contributed by atoms with Crippen LogP contribution in [0.25, 0.3) is 0 Å². The van der Waals surface area contributed by atoms with Gasteiger partial charge in [-0.25, -0.2) is 0 Å². The average Bonchev–Trinajstić information content (AvgIpc) is 3.25. The maximum absolute atomic E-state index is 14.2. The normalized spacial score (nSPS) is 13.5. The van der Waals surface area contributed by atoms with Gasteiger partial charge in [-0.1, -0.05) is 91.0 Å².